The summed E-state index contributed by atoms with van der Waals surface area (Å²) in [4.78, 5) is 25.6. The van der Waals surface area contributed by atoms with Crippen LogP contribution in [0.2, 0.25) is 0 Å². The zero-order valence-electron chi connectivity index (χ0n) is 22.1. The molecule has 0 saturated heterocycles. The highest BCUT2D eigenvalue weighted by Gasteiger charge is 2.16. The normalized spacial score (nSPS) is 10.9. The van der Waals surface area contributed by atoms with Gasteiger partial charge >= 0.3 is 0 Å². The van der Waals surface area contributed by atoms with E-state index in [4.69, 9.17) is 4.74 Å². The highest BCUT2D eigenvalue weighted by Crippen LogP contribution is 2.29. The van der Waals surface area contributed by atoms with Crippen LogP contribution in [0.4, 0.5) is 5.69 Å². The first-order valence-corrected chi connectivity index (χ1v) is 13.5. The van der Waals surface area contributed by atoms with Gasteiger partial charge in [-0.1, -0.05) is 82.9 Å². The summed E-state index contributed by atoms with van der Waals surface area (Å²) in [5.74, 6) is -0.193. The number of ether oxygens (including phenoxy) is 1. The van der Waals surface area contributed by atoms with Crippen molar-refractivity contribution in [3.63, 3.8) is 0 Å². The molecule has 0 atom stereocenters. The van der Waals surface area contributed by atoms with Crippen molar-refractivity contribution in [2.75, 3.05) is 19.0 Å². The predicted octanol–water partition coefficient (Wildman–Crippen LogP) is 7.46. The monoisotopic (exact) mass is 504 g/mol. The molecule has 2 amide bonds. The quantitative estimate of drug-likeness (QED) is 0.188. The molecule has 3 N–H and O–H groups in total. The number of fused-ring (bicyclic) bond motifs is 1. The summed E-state index contributed by atoms with van der Waals surface area (Å²) in [6.07, 6.45) is 12.6. The summed E-state index contributed by atoms with van der Waals surface area (Å²) in [6.45, 7) is 2.89. The van der Waals surface area contributed by atoms with Gasteiger partial charge in [0, 0.05) is 12.1 Å². The topological polar surface area (TPSA) is 87.7 Å². The van der Waals surface area contributed by atoms with Gasteiger partial charge in [-0.2, -0.15) is 0 Å². The molecule has 0 aromatic heterocycles. The van der Waals surface area contributed by atoms with Crippen LogP contribution in [-0.4, -0.2) is 30.6 Å². The Bertz CT molecular complexity index is 1180. The fourth-order valence-electron chi connectivity index (χ4n) is 4.46. The number of carbonyl (C=O) groups is 2. The molecule has 3 rings (SSSR count). The molecule has 6 heteroatoms. The first-order valence-electron chi connectivity index (χ1n) is 13.5. The summed E-state index contributed by atoms with van der Waals surface area (Å²) < 4.78 is 5.28. The van der Waals surface area contributed by atoms with Crippen LogP contribution >= 0.6 is 0 Å². The maximum Gasteiger partial charge on any atom is 0.259 e. The molecule has 3 aromatic rings. The predicted molar refractivity (Wildman–Crippen MR) is 151 cm³/mol. The summed E-state index contributed by atoms with van der Waals surface area (Å²) in [5.41, 5.74) is 1.16. The maximum absolute atomic E-state index is 12.9. The van der Waals surface area contributed by atoms with E-state index in [1.54, 1.807) is 42.5 Å². The lowest BCUT2D eigenvalue weighted by Crippen LogP contribution is -2.24. The minimum absolute atomic E-state index is 0.126. The van der Waals surface area contributed by atoms with Gasteiger partial charge in [0.25, 0.3) is 11.8 Å². The van der Waals surface area contributed by atoms with Crippen molar-refractivity contribution in [2.45, 2.75) is 71.1 Å². The molecule has 0 saturated carbocycles. The minimum atomic E-state index is -0.459. The Morgan fingerprint density at radius 3 is 2.16 bits per heavy atom. The van der Waals surface area contributed by atoms with E-state index in [-0.39, 0.29) is 17.2 Å². The van der Waals surface area contributed by atoms with Gasteiger partial charge in [-0.25, -0.2) is 0 Å². The van der Waals surface area contributed by atoms with Crippen LogP contribution in [-0.2, 0) is 0 Å². The number of nitrogens with one attached hydrogen (secondary N) is 2. The summed E-state index contributed by atoms with van der Waals surface area (Å²) in [7, 11) is 1.53. The third-order valence-corrected chi connectivity index (χ3v) is 6.63. The third kappa shape index (κ3) is 8.52. The average molecular weight is 505 g/mol. The highest BCUT2D eigenvalue weighted by molar-refractivity contribution is 6.09. The number of benzene rings is 3. The standard InChI is InChI=1S/C31H40N2O4/c1-3-4-5-6-7-8-9-10-11-14-19-32-30(35)24-18-17-23-22-28(34)26(21-25(23)20-24)31(36)33-27-15-12-13-16-29(27)37-2/h12-13,15-18,20-22,34H,3-11,14,19H2,1-2H3,(H,32,35)(H,33,36). The van der Waals surface area contributed by atoms with Crippen molar-refractivity contribution in [3.05, 3.63) is 65.7 Å². The number of anilines is 1. The van der Waals surface area contributed by atoms with Crippen molar-refractivity contribution >= 4 is 28.3 Å². The van der Waals surface area contributed by atoms with Crippen molar-refractivity contribution < 1.29 is 19.4 Å². The van der Waals surface area contributed by atoms with E-state index in [1.165, 1.54) is 64.5 Å². The Balaban J connectivity index is 1.52. The Morgan fingerprint density at radius 2 is 1.46 bits per heavy atom. The Kier molecular flexibility index (Phi) is 11.3. The Hall–Kier alpha value is -3.54. The number of hydrogen-bond donors (Lipinski definition) is 3. The van der Waals surface area contributed by atoms with E-state index in [0.29, 0.717) is 28.9 Å². The molecule has 198 valence electrons. The van der Waals surface area contributed by atoms with Crippen LogP contribution < -0.4 is 15.4 Å². The molecule has 0 fully saturated rings. The highest BCUT2D eigenvalue weighted by atomic mass is 16.5. The van der Waals surface area contributed by atoms with E-state index in [2.05, 4.69) is 17.6 Å². The SMILES string of the molecule is CCCCCCCCCCCCNC(=O)c1ccc2cc(O)c(C(=O)Nc3ccccc3OC)cc2c1. The molecule has 0 spiro atoms. The summed E-state index contributed by atoms with van der Waals surface area (Å²) in [5, 5.41) is 17.7. The van der Waals surface area contributed by atoms with Crippen molar-refractivity contribution in [3.8, 4) is 11.5 Å². The molecule has 0 aliphatic carbocycles. The van der Waals surface area contributed by atoms with E-state index in [9.17, 15) is 14.7 Å². The molecular formula is C31H40N2O4. The van der Waals surface area contributed by atoms with Gasteiger partial charge in [0.05, 0.1) is 18.4 Å². The Morgan fingerprint density at radius 1 is 0.784 bits per heavy atom. The molecule has 0 aliphatic heterocycles. The number of rotatable bonds is 15. The molecule has 0 heterocycles. The number of carbonyl (C=O) groups excluding carboxylic acids is 2. The molecule has 3 aromatic carbocycles. The summed E-state index contributed by atoms with van der Waals surface area (Å²) >= 11 is 0. The molecule has 0 radical (unpaired) electrons. The van der Waals surface area contributed by atoms with Gasteiger partial charge in [0.15, 0.2) is 0 Å². The van der Waals surface area contributed by atoms with Gasteiger partial charge < -0.3 is 20.5 Å². The molecule has 6 nitrogen and oxygen atoms in total. The van der Waals surface area contributed by atoms with Crippen molar-refractivity contribution in [1.82, 2.24) is 5.32 Å². The number of methoxy groups -OCH3 is 1. The second kappa shape index (κ2) is 14.9. The van der Waals surface area contributed by atoms with Crippen LogP contribution in [0.5, 0.6) is 11.5 Å². The van der Waals surface area contributed by atoms with Crippen molar-refractivity contribution in [1.29, 1.82) is 0 Å². The van der Waals surface area contributed by atoms with Crippen LogP contribution in [0.3, 0.4) is 0 Å². The smallest absolute Gasteiger partial charge is 0.259 e. The average Bonchev–Trinajstić information content (AvgIpc) is 2.91. The van der Waals surface area contributed by atoms with Crippen LogP contribution in [0, 0.1) is 0 Å². The second-order valence-electron chi connectivity index (χ2n) is 9.52. The zero-order chi connectivity index (χ0) is 26.5. The molecule has 0 bridgehead atoms. The lowest BCUT2D eigenvalue weighted by Gasteiger charge is -2.12. The molecule has 0 aliphatic rings. The first-order chi connectivity index (χ1) is 18.0. The van der Waals surface area contributed by atoms with Gasteiger partial charge in [-0.15, -0.1) is 0 Å². The number of hydrogen-bond acceptors (Lipinski definition) is 4. The summed E-state index contributed by atoms with van der Waals surface area (Å²) in [6, 6.07) is 15.5. The largest absolute Gasteiger partial charge is 0.507 e. The second-order valence-corrected chi connectivity index (χ2v) is 9.52. The van der Waals surface area contributed by atoms with E-state index in [0.717, 1.165) is 18.2 Å². The minimum Gasteiger partial charge on any atom is -0.507 e. The third-order valence-electron chi connectivity index (χ3n) is 6.63. The van der Waals surface area contributed by atoms with Gasteiger partial charge in [0.2, 0.25) is 0 Å². The lowest BCUT2D eigenvalue weighted by molar-refractivity contribution is 0.0952. The molecule has 0 unspecified atom stereocenters. The lowest BCUT2D eigenvalue weighted by atomic mass is 10.0. The number of unbranched alkanes of at least 4 members (excludes halogenated alkanes) is 9. The van der Waals surface area contributed by atoms with Crippen LogP contribution in [0.25, 0.3) is 10.8 Å². The zero-order valence-corrected chi connectivity index (χ0v) is 22.1. The van der Waals surface area contributed by atoms with E-state index >= 15 is 0 Å². The number of phenols is 1. The number of aromatic hydroxyl groups is 1. The fraction of sp³-hybridized carbons (Fsp3) is 0.419. The number of para-hydroxylation sites is 2. The van der Waals surface area contributed by atoms with E-state index < -0.39 is 5.91 Å². The van der Waals surface area contributed by atoms with Gasteiger partial charge in [-0.3, -0.25) is 9.59 Å². The molecular weight excluding hydrogens is 464 g/mol. The molecule has 37 heavy (non-hydrogen) atoms. The number of amides is 2. The van der Waals surface area contributed by atoms with Gasteiger partial charge in [-0.05, 0) is 53.6 Å². The van der Waals surface area contributed by atoms with Gasteiger partial charge in [0.1, 0.15) is 11.5 Å². The van der Waals surface area contributed by atoms with Crippen LogP contribution in [0.15, 0.2) is 54.6 Å². The van der Waals surface area contributed by atoms with Crippen molar-refractivity contribution in [2.24, 2.45) is 0 Å². The maximum atomic E-state index is 12.9. The first kappa shape index (κ1) is 28.0. The van der Waals surface area contributed by atoms with Crippen LogP contribution in [0.1, 0.15) is 91.8 Å². The fourth-order valence-corrected chi connectivity index (χ4v) is 4.46. The van der Waals surface area contributed by atoms with E-state index in [1.807, 2.05) is 6.07 Å². The number of phenolic OH excluding ortho intramolecular Hbond substituents is 1. The Labute approximate surface area is 220 Å².